The molecule has 1 aromatic rings. The highest BCUT2D eigenvalue weighted by Crippen LogP contribution is 2.20. The summed E-state index contributed by atoms with van der Waals surface area (Å²) >= 11 is 1.40. The van der Waals surface area contributed by atoms with Crippen molar-refractivity contribution in [1.29, 1.82) is 0 Å². The van der Waals surface area contributed by atoms with E-state index in [0.717, 1.165) is 0 Å². The third kappa shape index (κ3) is 3.14. The average molecular weight is 278 g/mol. The molecule has 1 aromatic heterocycles. The Labute approximate surface area is 115 Å². The first-order valence-corrected chi connectivity index (χ1v) is 7.05. The number of nitrogens with one attached hydrogen (secondary N) is 1. The average Bonchev–Trinajstić information content (AvgIpc) is 2.87. The summed E-state index contributed by atoms with van der Waals surface area (Å²) < 4.78 is 0. The first kappa shape index (κ1) is 13.6. The zero-order chi connectivity index (χ0) is 13.8. The number of rotatable bonds is 4. The normalized spacial score (nSPS) is 21.3. The first-order valence-electron chi connectivity index (χ1n) is 5.83. The van der Waals surface area contributed by atoms with E-state index in [4.69, 9.17) is 5.11 Å². The number of carboxylic acid groups (broad SMARTS) is 1. The molecule has 0 saturated heterocycles. The van der Waals surface area contributed by atoms with Gasteiger partial charge in [0.25, 0.3) is 5.91 Å². The molecular weight excluding hydrogens is 264 g/mol. The Bertz CT molecular complexity index is 530. The van der Waals surface area contributed by atoms with Gasteiger partial charge in [-0.2, -0.15) is 0 Å². The van der Waals surface area contributed by atoms with Crippen LogP contribution in [-0.4, -0.2) is 34.3 Å². The molecule has 1 amide bonds. The number of aromatic nitrogens is 1. The summed E-state index contributed by atoms with van der Waals surface area (Å²) in [7, 11) is 0. The number of thioether (sulfide) groups is 1. The number of carboxylic acids is 1. The minimum absolute atomic E-state index is 0.224. The Hall–Kier alpha value is -1.82. The molecule has 1 heterocycles. The van der Waals surface area contributed by atoms with E-state index in [0.29, 0.717) is 17.0 Å². The van der Waals surface area contributed by atoms with Crippen LogP contribution in [0.15, 0.2) is 35.5 Å². The molecule has 0 radical (unpaired) electrons. The maximum Gasteiger partial charge on any atom is 0.310 e. The van der Waals surface area contributed by atoms with Crippen LogP contribution < -0.4 is 5.32 Å². The fourth-order valence-corrected chi connectivity index (χ4v) is 2.51. The Morgan fingerprint density at radius 1 is 1.47 bits per heavy atom. The Morgan fingerprint density at radius 2 is 2.26 bits per heavy atom. The van der Waals surface area contributed by atoms with Crippen LogP contribution in [0.3, 0.4) is 0 Å². The molecule has 6 heteroatoms. The van der Waals surface area contributed by atoms with Gasteiger partial charge in [-0.3, -0.25) is 9.59 Å². The summed E-state index contributed by atoms with van der Waals surface area (Å²) in [4.78, 5) is 27.1. The summed E-state index contributed by atoms with van der Waals surface area (Å²) in [5, 5.41) is 12.4. The molecule has 1 aliphatic carbocycles. The van der Waals surface area contributed by atoms with Crippen LogP contribution in [-0.2, 0) is 4.79 Å². The SMILES string of the molecule is CSc1ncccc1C(=O)NC1C=CC(C(=O)O)C1. The van der Waals surface area contributed by atoms with Crippen molar-refractivity contribution in [3.05, 3.63) is 36.0 Å². The minimum Gasteiger partial charge on any atom is -0.481 e. The van der Waals surface area contributed by atoms with Crippen molar-refractivity contribution < 1.29 is 14.7 Å². The Balaban J connectivity index is 2.03. The zero-order valence-corrected chi connectivity index (χ0v) is 11.2. The number of hydrogen-bond acceptors (Lipinski definition) is 4. The summed E-state index contributed by atoms with van der Waals surface area (Å²) in [6, 6.07) is 3.18. The highest BCUT2D eigenvalue weighted by atomic mass is 32.2. The molecule has 100 valence electrons. The van der Waals surface area contributed by atoms with Crippen LogP contribution in [0.4, 0.5) is 0 Å². The van der Waals surface area contributed by atoms with Crippen molar-refractivity contribution in [2.45, 2.75) is 17.5 Å². The van der Waals surface area contributed by atoms with Crippen molar-refractivity contribution >= 4 is 23.6 Å². The molecule has 2 unspecified atom stereocenters. The van der Waals surface area contributed by atoms with Crippen LogP contribution >= 0.6 is 11.8 Å². The van der Waals surface area contributed by atoms with Gasteiger partial charge >= 0.3 is 5.97 Å². The van der Waals surface area contributed by atoms with Crippen molar-refractivity contribution in [2.75, 3.05) is 6.26 Å². The van der Waals surface area contributed by atoms with E-state index in [1.54, 1.807) is 30.5 Å². The topological polar surface area (TPSA) is 79.3 Å². The maximum atomic E-state index is 12.1. The summed E-state index contributed by atoms with van der Waals surface area (Å²) in [5.41, 5.74) is 0.516. The van der Waals surface area contributed by atoms with Gasteiger partial charge in [-0.25, -0.2) is 4.98 Å². The molecule has 2 atom stereocenters. The molecule has 19 heavy (non-hydrogen) atoms. The highest BCUT2D eigenvalue weighted by Gasteiger charge is 2.26. The second-order valence-electron chi connectivity index (χ2n) is 4.21. The molecule has 0 aromatic carbocycles. The number of pyridine rings is 1. The predicted octanol–water partition coefficient (Wildman–Crippen LogP) is 1.56. The number of nitrogens with zero attached hydrogens (tertiary/aromatic N) is 1. The van der Waals surface area contributed by atoms with E-state index < -0.39 is 11.9 Å². The van der Waals surface area contributed by atoms with Gasteiger partial charge in [0.05, 0.1) is 11.5 Å². The number of carbonyl (C=O) groups excluding carboxylic acids is 1. The van der Waals surface area contributed by atoms with Crippen LogP contribution in [0.1, 0.15) is 16.8 Å². The van der Waals surface area contributed by atoms with Gasteiger partial charge in [-0.1, -0.05) is 12.2 Å². The standard InChI is InChI=1S/C13H14N2O3S/c1-19-12-10(3-2-6-14-12)11(16)15-9-5-4-8(7-9)13(17)18/h2-6,8-9H,7H2,1H3,(H,15,16)(H,17,18). The van der Waals surface area contributed by atoms with Gasteiger partial charge in [-0.15, -0.1) is 11.8 Å². The van der Waals surface area contributed by atoms with Crippen molar-refractivity contribution in [2.24, 2.45) is 5.92 Å². The van der Waals surface area contributed by atoms with Crippen LogP contribution in [0.5, 0.6) is 0 Å². The third-order valence-electron chi connectivity index (χ3n) is 2.93. The molecule has 2 rings (SSSR count). The van der Waals surface area contributed by atoms with Gasteiger partial charge in [0, 0.05) is 12.2 Å². The minimum atomic E-state index is -0.862. The van der Waals surface area contributed by atoms with Crippen LogP contribution in [0.25, 0.3) is 0 Å². The lowest BCUT2D eigenvalue weighted by molar-refractivity contribution is -0.140. The summed E-state index contributed by atoms with van der Waals surface area (Å²) in [6.07, 6.45) is 7.24. The summed E-state index contributed by atoms with van der Waals surface area (Å²) in [5.74, 6) is -1.60. The van der Waals surface area contributed by atoms with E-state index in [9.17, 15) is 9.59 Å². The first-order chi connectivity index (χ1) is 9.11. The largest absolute Gasteiger partial charge is 0.481 e. The van der Waals surface area contributed by atoms with Crippen LogP contribution in [0.2, 0.25) is 0 Å². The maximum absolute atomic E-state index is 12.1. The van der Waals surface area contributed by atoms with Gasteiger partial charge < -0.3 is 10.4 Å². The second-order valence-corrected chi connectivity index (χ2v) is 5.00. The fraction of sp³-hybridized carbons (Fsp3) is 0.308. The molecule has 1 aliphatic rings. The smallest absolute Gasteiger partial charge is 0.310 e. The lowest BCUT2D eigenvalue weighted by atomic mass is 10.1. The second kappa shape index (κ2) is 5.88. The molecule has 0 spiro atoms. The van der Waals surface area contributed by atoms with Gasteiger partial charge in [-0.05, 0) is 24.8 Å². The number of amides is 1. The van der Waals surface area contributed by atoms with Crippen molar-refractivity contribution in [1.82, 2.24) is 10.3 Å². The van der Waals surface area contributed by atoms with Gasteiger partial charge in [0.1, 0.15) is 5.03 Å². The third-order valence-corrected chi connectivity index (χ3v) is 3.64. The van der Waals surface area contributed by atoms with Gasteiger partial charge in [0.2, 0.25) is 0 Å². The molecule has 2 N–H and O–H groups in total. The molecule has 5 nitrogen and oxygen atoms in total. The summed E-state index contributed by atoms with van der Waals surface area (Å²) in [6.45, 7) is 0. The van der Waals surface area contributed by atoms with E-state index in [2.05, 4.69) is 10.3 Å². The van der Waals surface area contributed by atoms with E-state index in [1.807, 2.05) is 6.26 Å². The van der Waals surface area contributed by atoms with E-state index in [1.165, 1.54) is 11.8 Å². The Kier molecular flexibility index (Phi) is 4.21. The molecular formula is C13H14N2O3S. The fourth-order valence-electron chi connectivity index (χ4n) is 1.96. The van der Waals surface area contributed by atoms with E-state index >= 15 is 0 Å². The molecule has 0 aliphatic heterocycles. The molecule has 0 saturated carbocycles. The molecule has 0 bridgehead atoms. The quantitative estimate of drug-likeness (QED) is 0.645. The van der Waals surface area contributed by atoms with Crippen molar-refractivity contribution in [3.8, 4) is 0 Å². The predicted molar refractivity (Wildman–Crippen MR) is 72.2 cm³/mol. The highest BCUT2D eigenvalue weighted by molar-refractivity contribution is 7.98. The van der Waals surface area contributed by atoms with Crippen molar-refractivity contribution in [3.63, 3.8) is 0 Å². The monoisotopic (exact) mass is 278 g/mol. The number of carbonyl (C=O) groups is 2. The molecule has 0 fully saturated rings. The lowest BCUT2D eigenvalue weighted by Gasteiger charge is -2.13. The zero-order valence-electron chi connectivity index (χ0n) is 10.4. The Morgan fingerprint density at radius 3 is 2.89 bits per heavy atom. The van der Waals surface area contributed by atoms with Crippen LogP contribution in [0, 0.1) is 5.92 Å². The van der Waals surface area contributed by atoms with E-state index in [-0.39, 0.29) is 11.9 Å². The number of hydrogen-bond donors (Lipinski definition) is 2. The lowest BCUT2D eigenvalue weighted by Crippen LogP contribution is -2.33. The number of aliphatic carboxylic acids is 1. The van der Waals surface area contributed by atoms with Gasteiger partial charge in [0.15, 0.2) is 0 Å².